The second kappa shape index (κ2) is 5.12. The molecule has 0 fully saturated rings. The number of furan rings is 1. The van der Waals surface area contributed by atoms with E-state index >= 15 is 0 Å². The fourth-order valence-corrected chi connectivity index (χ4v) is 2.66. The third-order valence-electron chi connectivity index (χ3n) is 2.55. The van der Waals surface area contributed by atoms with Gasteiger partial charge in [0.1, 0.15) is 11.8 Å². The van der Waals surface area contributed by atoms with Gasteiger partial charge in [-0.1, -0.05) is 17.7 Å². The molecule has 0 unspecified atom stereocenters. The summed E-state index contributed by atoms with van der Waals surface area (Å²) >= 11 is 0. The first-order valence-corrected chi connectivity index (χ1v) is 6.99. The van der Waals surface area contributed by atoms with E-state index in [-0.39, 0.29) is 9.80 Å². The van der Waals surface area contributed by atoms with Crippen LogP contribution in [0.2, 0.25) is 0 Å². The Morgan fingerprint density at radius 1 is 1.26 bits per heavy atom. The molecule has 96 valence electrons. The van der Waals surface area contributed by atoms with Crippen molar-refractivity contribution >= 4 is 15.9 Å². The molecule has 1 aromatic carbocycles. The van der Waals surface area contributed by atoms with Gasteiger partial charge in [0.15, 0.2) is 4.91 Å². The van der Waals surface area contributed by atoms with E-state index in [9.17, 15) is 8.42 Å². The van der Waals surface area contributed by atoms with Crippen LogP contribution in [0.25, 0.3) is 6.08 Å². The van der Waals surface area contributed by atoms with Gasteiger partial charge in [0.05, 0.1) is 11.2 Å². The van der Waals surface area contributed by atoms with Crippen LogP contribution < -0.4 is 0 Å². The van der Waals surface area contributed by atoms with E-state index in [2.05, 4.69) is 0 Å². The topological polar surface area (TPSA) is 71.1 Å². The number of benzene rings is 1. The van der Waals surface area contributed by atoms with Crippen LogP contribution in [0, 0.1) is 18.3 Å². The number of hydrogen-bond donors (Lipinski definition) is 0. The molecule has 4 nitrogen and oxygen atoms in total. The van der Waals surface area contributed by atoms with Gasteiger partial charge in [-0.15, -0.1) is 0 Å². The quantitative estimate of drug-likeness (QED) is 0.806. The molecule has 0 radical (unpaired) electrons. The second-order valence-electron chi connectivity index (χ2n) is 3.95. The third kappa shape index (κ3) is 2.75. The highest BCUT2D eigenvalue weighted by atomic mass is 32.2. The standard InChI is InChI=1S/C14H11NO3S/c1-11-4-6-13(7-5-11)19(16,17)14(10-15)9-12-3-2-8-18-12/h2-9H,1H3. The lowest BCUT2D eigenvalue weighted by molar-refractivity contribution is 0.556. The molecule has 2 rings (SSSR count). The summed E-state index contributed by atoms with van der Waals surface area (Å²) < 4.78 is 29.6. The molecule has 19 heavy (non-hydrogen) atoms. The maximum atomic E-state index is 12.3. The predicted molar refractivity (Wildman–Crippen MR) is 70.7 cm³/mol. The van der Waals surface area contributed by atoms with E-state index in [4.69, 9.17) is 9.68 Å². The average molecular weight is 273 g/mol. The first-order valence-electron chi connectivity index (χ1n) is 5.51. The van der Waals surface area contributed by atoms with Crippen LogP contribution in [0.4, 0.5) is 0 Å². The van der Waals surface area contributed by atoms with Gasteiger partial charge in [-0.25, -0.2) is 8.42 Å². The minimum Gasteiger partial charge on any atom is -0.465 e. The monoisotopic (exact) mass is 273 g/mol. The Labute approximate surface area is 111 Å². The van der Waals surface area contributed by atoms with Crippen LogP contribution in [-0.2, 0) is 9.84 Å². The zero-order valence-corrected chi connectivity index (χ0v) is 11.0. The van der Waals surface area contributed by atoms with Gasteiger partial charge in [-0.2, -0.15) is 5.26 Å². The fourth-order valence-electron chi connectivity index (χ4n) is 1.52. The lowest BCUT2D eigenvalue weighted by atomic mass is 10.2. The molecule has 0 bridgehead atoms. The highest BCUT2D eigenvalue weighted by molar-refractivity contribution is 7.95. The fraction of sp³-hybridized carbons (Fsp3) is 0.0714. The summed E-state index contributed by atoms with van der Waals surface area (Å²) in [5, 5.41) is 9.04. The van der Waals surface area contributed by atoms with E-state index in [1.165, 1.54) is 24.5 Å². The number of nitriles is 1. The van der Waals surface area contributed by atoms with Gasteiger partial charge in [0.2, 0.25) is 9.84 Å². The maximum Gasteiger partial charge on any atom is 0.216 e. The number of aryl methyl sites for hydroxylation is 1. The zero-order chi connectivity index (χ0) is 13.9. The molecule has 2 aromatic rings. The first-order chi connectivity index (χ1) is 9.04. The van der Waals surface area contributed by atoms with Crippen molar-refractivity contribution in [3.8, 4) is 6.07 Å². The SMILES string of the molecule is Cc1ccc(S(=O)(=O)C(C#N)=Cc2ccco2)cc1. The Hall–Kier alpha value is -2.32. The van der Waals surface area contributed by atoms with Crippen molar-refractivity contribution in [2.24, 2.45) is 0 Å². The molecule has 0 N–H and O–H groups in total. The van der Waals surface area contributed by atoms with Gasteiger partial charge >= 0.3 is 0 Å². The Morgan fingerprint density at radius 2 is 1.95 bits per heavy atom. The molecule has 5 heteroatoms. The van der Waals surface area contributed by atoms with Gasteiger partial charge in [0, 0.05) is 6.08 Å². The van der Waals surface area contributed by atoms with Crippen molar-refractivity contribution < 1.29 is 12.8 Å². The Kier molecular flexibility index (Phi) is 3.54. The Bertz CT molecular complexity index is 733. The third-order valence-corrected chi connectivity index (χ3v) is 4.23. The molecule has 0 spiro atoms. The van der Waals surface area contributed by atoms with Crippen molar-refractivity contribution in [3.05, 3.63) is 58.9 Å². The molecule has 0 saturated heterocycles. The van der Waals surface area contributed by atoms with Crippen molar-refractivity contribution in [1.82, 2.24) is 0 Å². The molecule has 0 saturated carbocycles. The van der Waals surface area contributed by atoms with Crippen LogP contribution in [0.1, 0.15) is 11.3 Å². The van der Waals surface area contributed by atoms with Crippen LogP contribution in [0.5, 0.6) is 0 Å². The summed E-state index contributed by atoms with van der Waals surface area (Å²) in [6.45, 7) is 1.86. The molecular formula is C14H11NO3S. The lowest BCUT2D eigenvalue weighted by Gasteiger charge is -2.02. The number of sulfone groups is 1. The molecule has 0 aliphatic rings. The summed E-state index contributed by atoms with van der Waals surface area (Å²) in [5.74, 6) is 0.326. The van der Waals surface area contributed by atoms with Crippen LogP contribution in [0.15, 0.2) is 56.9 Å². The highest BCUT2D eigenvalue weighted by Gasteiger charge is 2.20. The van der Waals surface area contributed by atoms with E-state index in [1.54, 1.807) is 30.3 Å². The number of hydrogen-bond acceptors (Lipinski definition) is 4. The number of allylic oxidation sites excluding steroid dienone is 1. The van der Waals surface area contributed by atoms with Crippen LogP contribution >= 0.6 is 0 Å². The Morgan fingerprint density at radius 3 is 2.47 bits per heavy atom. The van der Waals surface area contributed by atoms with Gasteiger partial charge in [-0.05, 0) is 31.2 Å². The first kappa shape index (κ1) is 13.1. The van der Waals surface area contributed by atoms with Crippen molar-refractivity contribution in [2.45, 2.75) is 11.8 Å². The van der Waals surface area contributed by atoms with E-state index < -0.39 is 9.84 Å². The summed E-state index contributed by atoms with van der Waals surface area (Å²) in [6.07, 6.45) is 2.63. The summed E-state index contributed by atoms with van der Waals surface area (Å²) in [5.41, 5.74) is 0.951. The minimum atomic E-state index is -3.80. The molecule has 1 heterocycles. The summed E-state index contributed by atoms with van der Waals surface area (Å²) in [6, 6.07) is 11.3. The highest BCUT2D eigenvalue weighted by Crippen LogP contribution is 2.21. The van der Waals surface area contributed by atoms with Crippen molar-refractivity contribution in [1.29, 1.82) is 5.26 Å². The van der Waals surface area contributed by atoms with Gasteiger partial charge in [0.25, 0.3) is 0 Å². The molecule has 0 amide bonds. The molecule has 0 atom stereocenters. The normalized spacial score (nSPS) is 12.1. The van der Waals surface area contributed by atoms with Gasteiger partial charge in [-0.3, -0.25) is 0 Å². The largest absolute Gasteiger partial charge is 0.465 e. The zero-order valence-electron chi connectivity index (χ0n) is 10.2. The number of nitrogens with zero attached hydrogens (tertiary/aromatic N) is 1. The van der Waals surface area contributed by atoms with E-state index in [0.717, 1.165) is 5.56 Å². The molecular weight excluding hydrogens is 262 g/mol. The molecule has 0 aliphatic carbocycles. The van der Waals surface area contributed by atoms with Crippen molar-refractivity contribution in [2.75, 3.05) is 0 Å². The summed E-state index contributed by atoms with van der Waals surface area (Å²) in [7, 11) is -3.80. The predicted octanol–water partition coefficient (Wildman–Crippen LogP) is 2.93. The Balaban J connectivity index is 2.49. The van der Waals surface area contributed by atoms with Crippen LogP contribution in [0.3, 0.4) is 0 Å². The van der Waals surface area contributed by atoms with Crippen LogP contribution in [-0.4, -0.2) is 8.42 Å². The van der Waals surface area contributed by atoms with E-state index in [1.807, 2.05) is 6.92 Å². The molecule has 0 aliphatic heterocycles. The minimum absolute atomic E-state index is 0.0949. The van der Waals surface area contributed by atoms with Crippen molar-refractivity contribution in [3.63, 3.8) is 0 Å². The average Bonchev–Trinajstić information content (AvgIpc) is 2.89. The maximum absolute atomic E-state index is 12.3. The second-order valence-corrected chi connectivity index (χ2v) is 5.87. The molecule has 1 aromatic heterocycles. The smallest absolute Gasteiger partial charge is 0.216 e. The number of rotatable bonds is 3. The van der Waals surface area contributed by atoms with Gasteiger partial charge < -0.3 is 4.42 Å². The lowest BCUT2D eigenvalue weighted by Crippen LogP contribution is -2.03. The summed E-state index contributed by atoms with van der Waals surface area (Å²) in [4.78, 5) is -0.247. The van der Waals surface area contributed by atoms with E-state index in [0.29, 0.717) is 5.76 Å².